The number of cyclic esters (lactones) is 1. The zero-order valence-electron chi connectivity index (χ0n) is 44.5. The molecule has 79 heavy (non-hydrogen) atoms. The van der Waals surface area contributed by atoms with Crippen LogP contribution in [0.3, 0.4) is 0 Å². The molecule has 0 unspecified atom stereocenters. The zero-order valence-corrected chi connectivity index (χ0v) is 44.5. The summed E-state index contributed by atoms with van der Waals surface area (Å²) < 4.78 is 36.5. The molecule has 3 aliphatic heterocycles. The quantitative estimate of drug-likeness (QED) is 0.0461. The van der Waals surface area contributed by atoms with Gasteiger partial charge < -0.3 is 43.6 Å². The molecule has 1 atom stereocenters. The first-order valence-corrected chi connectivity index (χ1v) is 26.8. The number of ether oxygens (including phenoxy) is 6. The third-order valence-corrected chi connectivity index (χ3v) is 14.8. The van der Waals surface area contributed by atoms with Crippen LogP contribution in [0.1, 0.15) is 90.6 Å². The van der Waals surface area contributed by atoms with Gasteiger partial charge in [-0.2, -0.15) is 0 Å². The highest BCUT2D eigenvalue weighted by Crippen LogP contribution is 2.42. The van der Waals surface area contributed by atoms with Crippen LogP contribution in [0.5, 0.6) is 0 Å². The number of pyridine rings is 2. The van der Waals surface area contributed by atoms with Gasteiger partial charge in [0, 0.05) is 54.1 Å². The summed E-state index contributed by atoms with van der Waals surface area (Å²) in [5.74, 6) is -1.99. The summed E-state index contributed by atoms with van der Waals surface area (Å²) in [6.45, 7) is 7.56. The minimum absolute atomic E-state index is 0.0238. The van der Waals surface area contributed by atoms with Gasteiger partial charge in [-0.05, 0) is 86.3 Å². The molecule has 22 nitrogen and oxygen atoms in total. The van der Waals surface area contributed by atoms with E-state index >= 15 is 0 Å². The Morgan fingerprint density at radius 3 is 2.33 bits per heavy atom. The van der Waals surface area contributed by atoms with Gasteiger partial charge in [0.05, 0.1) is 74.7 Å². The molecule has 0 saturated heterocycles. The molecule has 9 rings (SSSR count). The Kier molecular flexibility index (Phi) is 17.8. The van der Waals surface area contributed by atoms with Gasteiger partial charge in [0.25, 0.3) is 17.4 Å². The molecule has 22 heteroatoms. The van der Waals surface area contributed by atoms with Crippen molar-refractivity contribution in [3.05, 3.63) is 122 Å². The fourth-order valence-corrected chi connectivity index (χ4v) is 10.6. The van der Waals surface area contributed by atoms with E-state index in [-0.39, 0.29) is 111 Å². The maximum atomic E-state index is 14.1. The predicted molar refractivity (Wildman–Crippen MR) is 281 cm³/mol. The number of nitrogens with zero attached hydrogens (tertiary/aromatic N) is 6. The van der Waals surface area contributed by atoms with Crippen LogP contribution in [0.25, 0.3) is 22.3 Å². The normalized spacial score (nSPS) is 18.3. The van der Waals surface area contributed by atoms with E-state index in [1.54, 1.807) is 52.7 Å². The van der Waals surface area contributed by atoms with Crippen LogP contribution in [0, 0.1) is 18.8 Å². The Morgan fingerprint density at radius 1 is 0.835 bits per heavy atom. The summed E-state index contributed by atoms with van der Waals surface area (Å²) >= 11 is 0. The van der Waals surface area contributed by atoms with Crippen molar-refractivity contribution < 1.29 is 62.0 Å². The molecule has 2 N–H and O–H groups in total. The number of fused-ring (bicyclic) bond motifs is 5. The zero-order chi connectivity index (χ0) is 55.6. The lowest BCUT2D eigenvalue weighted by Gasteiger charge is -2.35. The van der Waals surface area contributed by atoms with Crippen molar-refractivity contribution in [3.8, 4) is 11.4 Å². The summed E-state index contributed by atoms with van der Waals surface area (Å²) in [6.07, 6.45) is 6.87. The van der Waals surface area contributed by atoms with E-state index in [1.807, 2.05) is 19.1 Å². The second-order valence-electron chi connectivity index (χ2n) is 20.1. The monoisotopic (exact) mass is 1080 g/mol. The Labute approximate surface area is 455 Å². The van der Waals surface area contributed by atoms with Crippen LogP contribution in [0.15, 0.2) is 71.7 Å². The number of hydrogen-bond acceptors (Lipinski definition) is 17. The molecule has 1 aliphatic carbocycles. The number of ketones is 1. The summed E-state index contributed by atoms with van der Waals surface area (Å²) in [4.78, 5) is 109. The van der Waals surface area contributed by atoms with Gasteiger partial charge in [-0.15, -0.1) is 5.10 Å². The largest absolute Gasteiger partial charge is 0.510 e. The standard InChI is InChI=1S/C57H64N8O14/c1-4-42-43-24-35(3)6-15-47(43)60-52-44(42)30-64-48(52)26-46-45(54(64)71)33-77-55(72)57(46,5-2)79-56(73)78-31-38-9-7-36(8-10-38)25-41(66)32-76-34-49(67)58-18-20-74-22-23-75-21-19-63-29-40(61-62-63)27-59-53(70)39-13-11-37(12-14-39)28-65-50(68)16-17-51(65)69/h6-10,15-17,24,26,29,37,39H,4-5,11-14,18-23,25,27-28,30-34H2,1-3H3,(H,58,67)(H,59,70)/t37?,39?,57-/m0/s1. The Bertz CT molecular complexity index is 3220. The van der Waals surface area contributed by atoms with E-state index in [1.165, 1.54) is 17.1 Å². The molecule has 4 aliphatic rings. The number of carbonyl (C=O) groups is 7. The van der Waals surface area contributed by atoms with Gasteiger partial charge >= 0.3 is 12.1 Å². The first kappa shape index (κ1) is 55.8. The summed E-state index contributed by atoms with van der Waals surface area (Å²) in [6, 6.07) is 14.6. The number of rotatable bonds is 25. The van der Waals surface area contributed by atoms with Crippen molar-refractivity contribution in [2.24, 2.45) is 11.8 Å². The van der Waals surface area contributed by atoms with Gasteiger partial charge in [-0.3, -0.25) is 33.7 Å². The van der Waals surface area contributed by atoms with E-state index in [4.69, 9.17) is 33.4 Å². The van der Waals surface area contributed by atoms with Crippen LogP contribution in [-0.2, 0) is 108 Å². The van der Waals surface area contributed by atoms with Crippen molar-refractivity contribution in [1.29, 1.82) is 0 Å². The van der Waals surface area contributed by atoms with Crippen LogP contribution < -0.4 is 16.2 Å². The van der Waals surface area contributed by atoms with Crippen molar-refractivity contribution in [2.45, 2.75) is 104 Å². The number of amides is 4. The number of nitrogens with one attached hydrogen (secondary N) is 2. The number of imide groups is 1. The van der Waals surface area contributed by atoms with E-state index < -0.39 is 23.6 Å². The topological polar surface area (TPSA) is 268 Å². The van der Waals surface area contributed by atoms with E-state index in [2.05, 4.69) is 33.9 Å². The number of benzene rings is 2. The number of carbonyl (C=O) groups excluding carboxylic acids is 7. The van der Waals surface area contributed by atoms with Gasteiger partial charge in [-0.25, -0.2) is 19.3 Å². The van der Waals surface area contributed by atoms with E-state index in [9.17, 15) is 38.4 Å². The van der Waals surface area contributed by atoms with Crippen molar-refractivity contribution >= 4 is 52.4 Å². The highest BCUT2D eigenvalue weighted by molar-refractivity contribution is 6.12. The van der Waals surface area contributed by atoms with Crippen LogP contribution in [0.2, 0.25) is 0 Å². The molecule has 1 saturated carbocycles. The van der Waals surface area contributed by atoms with Gasteiger partial charge in [0.1, 0.15) is 32.1 Å². The maximum absolute atomic E-state index is 14.1. The number of aryl methyl sites for hydroxylation is 2. The van der Waals surface area contributed by atoms with Crippen molar-refractivity contribution in [1.82, 2.24) is 40.1 Å². The highest BCUT2D eigenvalue weighted by Gasteiger charge is 2.51. The molecule has 2 aromatic carbocycles. The molecule has 3 aromatic heterocycles. The number of aromatic nitrogens is 5. The number of hydrogen-bond donors (Lipinski definition) is 2. The van der Waals surface area contributed by atoms with Gasteiger partial charge in [-0.1, -0.05) is 55.0 Å². The van der Waals surface area contributed by atoms with Crippen molar-refractivity contribution in [2.75, 3.05) is 52.7 Å². The SMILES string of the molecule is CCc1c2c(nc3ccc(C)cc13)-c1cc3c(c(=O)n1C2)COC(=O)[C@@]3(CC)OC(=O)OCc1ccc(CC(=O)COCC(=O)NCCOCCOCCn2cc(CNC(=O)C3CCC(CN4C(=O)C=CC4=O)CC3)nn2)cc1. The van der Waals surface area contributed by atoms with Crippen molar-refractivity contribution in [3.63, 3.8) is 0 Å². The fraction of sp³-hybridized carbons (Fsp3) is 0.456. The lowest BCUT2D eigenvalue weighted by molar-refractivity contribution is -0.175. The second kappa shape index (κ2) is 25.2. The Morgan fingerprint density at radius 2 is 1.58 bits per heavy atom. The molecule has 0 bridgehead atoms. The molecular weight excluding hydrogens is 1020 g/mol. The molecular formula is C57H64N8O14. The van der Waals surface area contributed by atoms with Crippen LogP contribution >= 0.6 is 0 Å². The average Bonchev–Trinajstić information content (AvgIpc) is 4.28. The highest BCUT2D eigenvalue weighted by atomic mass is 16.7. The van der Waals surface area contributed by atoms with Crippen LogP contribution in [-0.4, -0.2) is 124 Å². The Hall–Kier alpha value is -7.95. The van der Waals surface area contributed by atoms with Gasteiger partial charge in [0.15, 0.2) is 5.78 Å². The third kappa shape index (κ3) is 13.0. The van der Waals surface area contributed by atoms with Gasteiger partial charge in [0.2, 0.25) is 17.4 Å². The molecule has 0 spiro atoms. The summed E-state index contributed by atoms with van der Waals surface area (Å²) in [5, 5.41) is 14.9. The Balaban J connectivity index is 0.620. The average molecular weight is 1090 g/mol. The minimum Gasteiger partial charge on any atom is -0.457 e. The predicted octanol–water partition coefficient (Wildman–Crippen LogP) is 4.23. The van der Waals surface area contributed by atoms with E-state index in [0.717, 1.165) is 46.9 Å². The molecule has 416 valence electrons. The summed E-state index contributed by atoms with van der Waals surface area (Å²) in [5.41, 5.74) is 5.19. The first-order chi connectivity index (χ1) is 38.2. The molecule has 5 aromatic rings. The molecule has 4 amide bonds. The second-order valence-corrected chi connectivity index (χ2v) is 20.1. The molecule has 1 fully saturated rings. The number of esters is 1. The minimum atomic E-state index is -1.93. The van der Waals surface area contributed by atoms with E-state index in [0.29, 0.717) is 80.5 Å². The molecule has 0 radical (unpaired) electrons. The smallest absolute Gasteiger partial charge is 0.457 e. The lowest BCUT2D eigenvalue weighted by atomic mass is 9.81. The first-order valence-electron chi connectivity index (χ1n) is 26.8. The lowest BCUT2D eigenvalue weighted by Crippen LogP contribution is -2.47. The fourth-order valence-electron chi connectivity index (χ4n) is 10.6. The molecule has 6 heterocycles. The number of Topliss-reactive ketones (excluding diaryl/α,β-unsaturated/α-hetero) is 1. The van der Waals surface area contributed by atoms with Crippen LogP contribution in [0.4, 0.5) is 4.79 Å². The third-order valence-electron chi connectivity index (χ3n) is 14.8. The maximum Gasteiger partial charge on any atom is 0.510 e. The summed E-state index contributed by atoms with van der Waals surface area (Å²) in [7, 11) is 0.